The molecule has 0 aromatic heterocycles. The number of hydrogen-bond donors (Lipinski definition) is 1. The third-order valence-corrected chi connectivity index (χ3v) is 3.16. The maximum absolute atomic E-state index is 11.7. The van der Waals surface area contributed by atoms with Crippen LogP contribution in [0.25, 0.3) is 0 Å². The first kappa shape index (κ1) is 13.3. The van der Waals surface area contributed by atoms with Crippen molar-refractivity contribution in [2.75, 3.05) is 12.4 Å². The lowest BCUT2D eigenvalue weighted by atomic mass is 9.87. The number of benzene rings is 1. The van der Waals surface area contributed by atoms with E-state index >= 15 is 0 Å². The lowest BCUT2D eigenvalue weighted by Gasteiger charge is -2.19. The van der Waals surface area contributed by atoms with Crippen LogP contribution in [0, 0.1) is 0 Å². The van der Waals surface area contributed by atoms with Gasteiger partial charge in [-0.1, -0.05) is 32.9 Å². The van der Waals surface area contributed by atoms with Crippen molar-refractivity contribution in [3.63, 3.8) is 0 Å². The van der Waals surface area contributed by atoms with Crippen molar-refractivity contribution >= 4 is 17.5 Å². The zero-order chi connectivity index (χ0) is 14.2. The Morgan fingerprint density at radius 1 is 1.05 bits per heavy atom. The number of amides is 2. The van der Waals surface area contributed by atoms with E-state index < -0.39 is 0 Å². The molecular weight excluding hydrogens is 240 g/mol. The first-order valence-electron chi connectivity index (χ1n) is 6.20. The van der Waals surface area contributed by atoms with Crippen molar-refractivity contribution in [3.05, 3.63) is 41.6 Å². The van der Waals surface area contributed by atoms with Crippen molar-refractivity contribution in [1.82, 2.24) is 4.90 Å². The number of carbonyl (C=O) groups excluding carboxylic acids is 2. The molecule has 0 saturated heterocycles. The summed E-state index contributed by atoms with van der Waals surface area (Å²) < 4.78 is 0. The molecule has 0 spiro atoms. The van der Waals surface area contributed by atoms with Crippen LogP contribution in [0.2, 0.25) is 0 Å². The van der Waals surface area contributed by atoms with Gasteiger partial charge in [0.1, 0.15) is 5.70 Å². The molecule has 0 aliphatic carbocycles. The van der Waals surface area contributed by atoms with E-state index in [-0.39, 0.29) is 17.2 Å². The van der Waals surface area contributed by atoms with E-state index in [0.29, 0.717) is 5.70 Å². The minimum atomic E-state index is -0.301. The highest BCUT2D eigenvalue weighted by Crippen LogP contribution is 2.24. The molecule has 0 radical (unpaired) electrons. The Balaban J connectivity index is 2.15. The Kier molecular flexibility index (Phi) is 3.18. The molecule has 1 aromatic carbocycles. The number of likely N-dealkylation sites (N-methyl/N-ethyl adjacent to an activating group) is 1. The fraction of sp³-hybridized carbons (Fsp3) is 0.333. The van der Waals surface area contributed by atoms with Crippen LogP contribution in [-0.4, -0.2) is 23.8 Å². The van der Waals surface area contributed by atoms with Gasteiger partial charge >= 0.3 is 0 Å². The highest BCUT2D eigenvalue weighted by Gasteiger charge is 2.27. The van der Waals surface area contributed by atoms with Crippen LogP contribution in [0.1, 0.15) is 26.3 Å². The summed E-state index contributed by atoms with van der Waals surface area (Å²) in [7, 11) is 1.47. The molecule has 0 fully saturated rings. The molecule has 2 rings (SSSR count). The van der Waals surface area contributed by atoms with Crippen molar-refractivity contribution in [1.29, 1.82) is 0 Å². The van der Waals surface area contributed by atoms with Gasteiger partial charge in [-0.3, -0.25) is 14.5 Å². The van der Waals surface area contributed by atoms with Crippen LogP contribution in [-0.2, 0) is 15.0 Å². The van der Waals surface area contributed by atoms with Crippen LogP contribution in [0.15, 0.2) is 36.0 Å². The fourth-order valence-electron chi connectivity index (χ4n) is 1.86. The molecule has 1 aromatic rings. The van der Waals surface area contributed by atoms with Crippen molar-refractivity contribution in [2.45, 2.75) is 26.2 Å². The summed E-state index contributed by atoms with van der Waals surface area (Å²) in [5, 5.41) is 2.98. The first-order valence-corrected chi connectivity index (χ1v) is 6.20. The Hall–Kier alpha value is -2.10. The van der Waals surface area contributed by atoms with E-state index in [1.54, 1.807) is 0 Å². The van der Waals surface area contributed by atoms with Gasteiger partial charge in [0, 0.05) is 18.8 Å². The van der Waals surface area contributed by atoms with Crippen molar-refractivity contribution in [3.8, 4) is 0 Å². The standard InChI is InChI=1S/C15H18N2O2/c1-15(2,3)10-5-7-11(8-6-10)16-12-9-13(18)17(4)14(12)19/h5-9,16H,1-4H3. The molecule has 0 atom stereocenters. The summed E-state index contributed by atoms with van der Waals surface area (Å²) in [6.45, 7) is 6.43. The molecule has 4 nitrogen and oxygen atoms in total. The Bertz CT molecular complexity index is 551. The number of imide groups is 1. The second kappa shape index (κ2) is 4.53. The summed E-state index contributed by atoms with van der Waals surface area (Å²) in [5.74, 6) is -0.594. The van der Waals surface area contributed by atoms with E-state index in [2.05, 4.69) is 26.1 Å². The molecule has 2 amide bonds. The molecule has 1 heterocycles. The molecular formula is C15H18N2O2. The van der Waals surface area contributed by atoms with Gasteiger partial charge < -0.3 is 5.32 Å². The second-order valence-electron chi connectivity index (χ2n) is 5.71. The number of hydrogen-bond acceptors (Lipinski definition) is 3. The predicted octanol–water partition coefficient (Wildman–Crippen LogP) is 2.28. The molecule has 0 saturated carbocycles. The Morgan fingerprint density at radius 3 is 2.05 bits per heavy atom. The SMILES string of the molecule is CN1C(=O)C=C(Nc2ccc(C(C)(C)C)cc2)C1=O. The van der Waals surface area contributed by atoms with Gasteiger partial charge in [0.05, 0.1) is 0 Å². The third-order valence-electron chi connectivity index (χ3n) is 3.16. The number of anilines is 1. The number of nitrogens with zero attached hydrogens (tertiary/aromatic N) is 1. The quantitative estimate of drug-likeness (QED) is 0.828. The Morgan fingerprint density at radius 2 is 1.63 bits per heavy atom. The average Bonchev–Trinajstić information content (AvgIpc) is 2.57. The summed E-state index contributed by atoms with van der Waals surface area (Å²) in [6.07, 6.45) is 1.32. The topological polar surface area (TPSA) is 49.4 Å². The summed E-state index contributed by atoms with van der Waals surface area (Å²) >= 11 is 0. The molecule has 19 heavy (non-hydrogen) atoms. The normalized spacial score (nSPS) is 15.8. The lowest BCUT2D eigenvalue weighted by molar-refractivity contribution is -0.135. The fourth-order valence-corrected chi connectivity index (χ4v) is 1.86. The largest absolute Gasteiger partial charge is 0.351 e. The maximum Gasteiger partial charge on any atom is 0.277 e. The van der Waals surface area contributed by atoms with Gasteiger partial charge in [0.15, 0.2) is 0 Å². The highest BCUT2D eigenvalue weighted by atomic mass is 16.2. The lowest BCUT2D eigenvalue weighted by Crippen LogP contribution is -2.27. The van der Waals surface area contributed by atoms with E-state index in [0.717, 1.165) is 10.6 Å². The Labute approximate surface area is 113 Å². The van der Waals surface area contributed by atoms with Gasteiger partial charge in [0.25, 0.3) is 11.8 Å². The molecule has 4 heteroatoms. The van der Waals surface area contributed by atoms with Crippen molar-refractivity contribution in [2.24, 2.45) is 0 Å². The van der Waals surface area contributed by atoms with Crippen LogP contribution >= 0.6 is 0 Å². The average molecular weight is 258 g/mol. The van der Waals surface area contributed by atoms with Crippen LogP contribution in [0.5, 0.6) is 0 Å². The number of rotatable bonds is 2. The summed E-state index contributed by atoms with van der Waals surface area (Å²) in [5.41, 5.74) is 2.43. The van der Waals surface area contributed by atoms with Gasteiger partial charge in [-0.05, 0) is 23.1 Å². The monoisotopic (exact) mass is 258 g/mol. The molecule has 1 N–H and O–H groups in total. The molecule has 100 valence electrons. The van der Waals surface area contributed by atoms with Gasteiger partial charge in [-0.15, -0.1) is 0 Å². The maximum atomic E-state index is 11.7. The molecule has 0 bridgehead atoms. The first-order chi connectivity index (χ1) is 8.79. The van der Waals surface area contributed by atoms with Crippen LogP contribution < -0.4 is 5.32 Å². The van der Waals surface area contributed by atoms with Gasteiger partial charge in [-0.2, -0.15) is 0 Å². The minimum Gasteiger partial charge on any atom is -0.351 e. The smallest absolute Gasteiger partial charge is 0.277 e. The van der Waals surface area contributed by atoms with E-state index in [1.165, 1.54) is 18.7 Å². The molecule has 1 aliphatic heterocycles. The number of carbonyl (C=O) groups is 2. The third kappa shape index (κ3) is 2.67. The molecule has 1 aliphatic rings. The van der Waals surface area contributed by atoms with E-state index in [1.807, 2.05) is 24.3 Å². The summed E-state index contributed by atoms with van der Waals surface area (Å²) in [6, 6.07) is 7.87. The van der Waals surface area contributed by atoms with Crippen LogP contribution in [0.4, 0.5) is 5.69 Å². The van der Waals surface area contributed by atoms with Crippen molar-refractivity contribution < 1.29 is 9.59 Å². The van der Waals surface area contributed by atoms with E-state index in [9.17, 15) is 9.59 Å². The second-order valence-corrected chi connectivity index (χ2v) is 5.71. The molecule has 0 unspecified atom stereocenters. The summed E-state index contributed by atoms with van der Waals surface area (Å²) in [4.78, 5) is 24.2. The van der Waals surface area contributed by atoms with Crippen LogP contribution in [0.3, 0.4) is 0 Å². The zero-order valence-electron chi connectivity index (χ0n) is 11.7. The van der Waals surface area contributed by atoms with E-state index in [4.69, 9.17) is 0 Å². The minimum absolute atomic E-state index is 0.0944. The van der Waals surface area contributed by atoms with Gasteiger partial charge in [0.2, 0.25) is 0 Å². The highest BCUT2D eigenvalue weighted by molar-refractivity contribution is 6.17. The zero-order valence-corrected chi connectivity index (χ0v) is 11.7. The number of nitrogens with one attached hydrogen (secondary N) is 1. The predicted molar refractivity (Wildman–Crippen MR) is 74.6 cm³/mol. The van der Waals surface area contributed by atoms with Gasteiger partial charge in [-0.25, -0.2) is 0 Å².